The summed E-state index contributed by atoms with van der Waals surface area (Å²) in [5.41, 5.74) is 3.68. The van der Waals surface area contributed by atoms with Crippen molar-refractivity contribution in [3.05, 3.63) is 89.5 Å². The van der Waals surface area contributed by atoms with E-state index in [1.165, 1.54) is 29.5 Å². The summed E-state index contributed by atoms with van der Waals surface area (Å²) in [6.45, 7) is 4.57. The second kappa shape index (κ2) is 9.91. The first-order chi connectivity index (χ1) is 15.9. The summed E-state index contributed by atoms with van der Waals surface area (Å²) in [6.07, 6.45) is 6.66. The Kier molecular flexibility index (Phi) is 6.97. The molecule has 0 radical (unpaired) electrons. The molecule has 3 heteroatoms. The Morgan fingerprint density at radius 2 is 1.09 bits per heavy atom. The van der Waals surface area contributed by atoms with Gasteiger partial charge in [-0.3, -0.25) is 0 Å². The van der Waals surface area contributed by atoms with Crippen LogP contribution in [0.1, 0.15) is 75.0 Å². The lowest BCUT2D eigenvalue weighted by atomic mass is 9.60. The molecule has 3 nitrogen and oxygen atoms in total. The van der Waals surface area contributed by atoms with Crippen molar-refractivity contribution in [2.45, 2.75) is 63.7 Å². The van der Waals surface area contributed by atoms with Gasteiger partial charge in [0.25, 0.3) is 0 Å². The van der Waals surface area contributed by atoms with E-state index in [4.69, 9.17) is 0 Å². The predicted molar refractivity (Wildman–Crippen MR) is 134 cm³/mol. The summed E-state index contributed by atoms with van der Waals surface area (Å²) < 4.78 is 0. The molecule has 1 saturated carbocycles. The third kappa shape index (κ3) is 5.19. The van der Waals surface area contributed by atoms with Crippen LogP contribution in [0.15, 0.2) is 72.8 Å². The Morgan fingerprint density at radius 1 is 0.667 bits per heavy atom. The van der Waals surface area contributed by atoms with Crippen LogP contribution in [0.3, 0.4) is 0 Å². The minimum atomic E-state index is -0.116. The van der Waals surface area contributed by atoms with E-state index in [2.05, 4.69) is 50.2 Å². The summed E-state index contributed by atoms with van der Waals surface area (Å²) >= 11 is 0. The van der Waals surface area contributed by atoms with Crippen LogP contribution in [0.4, 0.5) is 0 Å². The van der Waals surface area contributed by atoms with Crippen LogP contribution in [-0.4, -0.2) is 15.3 Å². The van der Waals surface area contributed by atoms with Gasteiger partial charge in [-0.05, 0) is 103 Å². The van der Waals surface area contributed by atoms with Gasteiger partial charge in [0.15, 0.2) is 0 Å². The topological polar surface area (TPSA) is 60.7 Å². The second-order valence-corrected chi connectivity index (χ2v) is 10.2. The molecule has 0 amide bonds. The van der Waals surface area contributed by atoms with E-state index in [-0.39, 0.29) is 16.9 Å². The van der Waals surface area contributed by atoms with Crippen LogP contribution in [-0.2, 0) is 5.41 Å². The molecule has 0 aliphatic heterocycles. The zero-order valence-corrected chi connectivity index (χ0v) is 19.7. The van der Waals surface area contributed by atoms with Crippen LogP contribution >= 0.6 is 0 Å². The molecule has 0 spiro atoms. The van der Waals surface area contributed by atoms with Gasteiger partial charge in [-0.25, -0.2) is 0 Å². The molecule has 3 aromatic carbocycles. The summed E-state index contributed by atoms with van der Waals surface area (Å²) in [6, 6.07) is 23.2. The monoisotopic (exact) mass is 444 g/mol. The summed E-state index contributed by atoms with van der Waals surface area (Å²) in [5, 5.41) is 29.5. The molecule has 1 aliphatic rings. The number of aromatic hydroxyl groups is 3. The Balaban J connectivity index is 1.63. The van der Waals surface area contributed by atoms with Crippen LogP contribution in [0, 0.1) is 11.8 Å². The lowest BCUT2D eigenvalue weighted by molar-refractivity contribution is 0.224. The maximum absolute atomic E-state index is 9.86. The Bertz CT molecular complexity index is 964. The van der Waals surface area contributed by atoms with Crippen LogP contribution < -0.4 is 0 Å². The summed E-state index contributed by atoms with van der Waals surface area (Å²) in [7, 11) is 0. The van der Waals surface area contributed by atoms with Crippen molar-refractivity contribution in [1.29, 1.82) is 0 Å². The van der Waals surface area contributed by atoms with Gasteiger partial charge < -0.3 is 15.3 Å². The number of phenols is 3. The van der Waals surface area contributed by atoms with Gasteiger partial charge in [0, 0.05) is 5.41 Å². The van der Waals surface area contributed by atoms with Gasteiger partial charge in [-0.2, -0.15) is 0 Å². The molecule has 174 valence electrons. The number of benzene rings is 3. The maximum atomic E-state index is 9.86. The van der Waals surface area contributed by atoms with Gasteiger partial charge in [0.1, 0.15) is 17.2 Å². The normalized spacial score (nSPS) is 17.2. The molecule has 0 bridgehead atoms. The second-order valence-electron chi connectivity index (χ2n) is 10.2. The molecule has 1 unspecified atom stereocenters. The van der Waals surface area contributed by atoms with Crippen LogP contribution in [0.5, 0.6) is 17.2 Å². The third-order valence-electron chi connectivity index (χ3n) is 7.67. The SMILES string of the molecule is CC(C)CCC(c1ccc(O)cc1)C1CCC(c2ccc(O)cc2)(c2ccc(O)cc2)CC1. The van der Waals surface area contributed by atoms with Crippen molar-refractivity contribution in [3.8, 4) is 17.2 Å². The fourth-order valence-corrected chi connectivity index (χ4v) is 5.75. The average molecular weight is 445 g/mol. The molecule has 0 heterocycles. The Hall–Kier alpha value is -2.94. The molecule has 0 aromatic heterocycles. The first-order valence-corrected chi connectivity index (χ1v) is 12.3. The highest BCUT2D eigenvalue weighted by molar-refractivity contribution is 5.43. The first kappa shape index (κ1) is 23.2. The molecule has 3 aromatic rings. The smallest absolute Gasteiger partial charge is 0.115 e. The zero-order valence-electron chi connectivity index (χ0n) is 19.7. The number of hydrogen-bond acceptors (Lipinski definition) is 3. The minimum absolute atomic E-state index is 0.116. The van der Waals surface area contributed by atoms with Crippen LogP contribution in [0.2, 0.25) is 0 Å². The number of phenolic OH excluding ortho intramolecular Hbond substituents is 3. The highest BCUT2D eigenvalue weighted by Gasteiger charge is 2.40. The largest absolute Gasteiger partial charge is 0.508 e. The molecular weight excluding hydrogens is 408 g/mol. The lowest BCUT2D eigenvalue weighted by Gasteiger charge is -2.43. The maximum Gasteiger partial charge on any atom is 0.115 e. The van der Waals surface area contributed by atoms with E-state index in [1.54, 1.807) is 24.3 Å². The van der Waals surface area contributed by atoms with Crippen molar-refractivity contribution >= 4 is 0 Å². The molecule has 1 aliphatic carbocycles. The van der Waals surface area contributed by atoms with Crippen molar-refractivity contribution in [2.75, 3.05) is 0 Å². The first-order valence-electron chi connectivity index (χ1n) is 12.3. The standard InChI is InChI=1S/C30H36O3/c1-21(2)3-16-29(22-4-10-26(31)11-5-22)23-17-19-30(20-18-23,24-6-12-27(32)13-7-24)25-8-14-28(33)15-9-25/h4-15,21,23,29,31-33H,3,16-20H2,1-2H3. The Labute approximate surface area is 197 Å². The van der Waals surface area contributed by atoms with E-state index in [0.717, 1.165) is 25.7 Å². The van der Waals surface area contributed by atoms with E-state index >= 15 is 0 Å². The van der Waals surface area contributed by atoms with E-state index in [1.807, 2.05) is 12.1 Å². The van der Waals surface area contributed by atoms with Gasteiger partial charge in [0.2, 0.25) is 0 Å². The van der Waals surface area contributed by atoms with E-state index in [0.29, 0.717) is 23.5 Å². The lowest BCUT2D eigenvalue weighted by Crippen LogP contribution is -2.34. The summed E-state index contributed by atoms with van der Waals surface area (Å²) in [4.78, 5) is 0. The Morgan fingerprint density at radius 3 is 1.52 bits per heavy atom. The molecule has 3 N–H and O–H groups in total. The highest BCUT2D eigenvalue weighted by Crippen LogP contribution is 2.50. The fourth-order valence-electron chi connectivity index (χ4n) is 5.75. The van der Waals surface area contributed by atoms with Crippen LogP contribution in [0.25, 0.3) is 0 Å². The van der Waals surface area contributed by atoms with E-state index < -0.39 is 0 Å². The summed E-state index contributed by atoms with van der Waals surface area (Å²) in [5.74, 6) is 2.65. The minimum Gasteiger partial charge on any atom is -0.508 e. The molecule has 4 rings (SSSR count). The van der Waals surface area contributed by atoms with Gasteiger partial charge in [-0.1, -0.05) is 56.7 Å². The fraction of sp³-hybridized carbons (Fsp3) is 0.400. The third-order valence-corrected chi connectivity index (χ3v) is 7.67. The molecule has 1 atom stereocenters. The van der Waals surface area contributed by atoms with Crippen molar-refractivity contribution < 1.29 is 15.3 Å². The van der Waals surface area contributed by atoms with Gasteiger partial charge in [0.05, 0.1) is 0 Å². The predicted octanol–water partition coefficient (Wildman–Crippen LogP) is 7.50. The highest BCUT2D eigenvalue weighted by atomic mass is 16.3. The van der Waals surface area contributed by atoms with Crippen molar-refractivity contribution in [3.63, 3.8) is 0 Å². The molecule has 1 fully saturated rings. The average Bonchev–Trinajstić information content (AvgIpc) is 2.81. The molecule has 0 saturated heterocycles. The number of rotatable bonds is 7. The molecular formula is C30H36O3. The van der Waals surface area contributed by atoms with Gasteiger partial charge >= 0.3 is 0 Å². The quantitative estimate of drug-likeness (QED) is 0.353. The van der Waals surface area contributed by atoms with E-state index in [9.17, 15) is 15.3 Å². The van der Waals surface area contributed by atoms with Crippen molar-refractivity contribution in [1.82, 2.24) is 0 Å². The number of hydrogen-bond donors (Lipinski definition) is 3. The van der Waals surface area contributed by atoms with Gasteiger partial charge in [-0.15, -0.1) is 0 Å². The molecule has 33 heavy (non-hydrogen) atoms. The zero-order chi connectivity index (χ0) is 23.4. The van der Waals surface area contributed by atoms with Crippen molar-refractivity contribution in [2.24, 2.45) is 11.8 Å².